The van der Waals surface area contributed by atoms with Gasteiger partial charge in [0.15, 0.2) is 0 Å². The van der Waals surface area contributed by atoms with Gasteiger partial charge in [0, 0.05) is 31.0 Å². The van der Waals surface area contributed by atoms with Gasteiger partial charge in [-0.05, 0) is 39.0 Å². The van der Waals surface area contributed by atoms with Crippen LogP contribution in [-0.4, -0.2) is 44.9 Å². The van der Waals surface area contributed by atoms with Crippen LogP contribution >= 0.6 is 11.8 Å². The SMILES string of the molecule is CSCC(C)(O)CNC(=O)C(C)Cc1c(C)nn(C)c1C. The van der Waals surface area contributed by atoms with Gasteiger partial charge < -0.3 is 10.4 Å². The molecule has 1 rings (SSSR count). The summed E-state index contributed by atoms with van der Waals surface area (Å²) in [5.41, 5.74) is 2.34. The van der Waals surface area contributed by atoms with Crippen molar-refractivity contribution in [3.63, 3.8) is 0 Å². The van der Waals surface area contributed by atoms with Gasteiger partial charge in [0.05, 0.1) is 11.3 Å². The average Bonchev–Trinajstić information content (AvgIpc) is 2.62. The molecule has 0 aliphatic carbocycles. The van der Waals surface area contributed by atoms with Crippen LogP contribution in [0.2, 0.25) is 0 Å². The van der Waals surface area contributed by atoms with E-state index >= 15 is 0 Å². The van der Waals surface area contributed by atoms with Crippen molar-refractivity contribution in [2.45, 2.75) is 39.7 Å². The maximum absolute atomic E-state index is 12.2. The van der Waals surface area contributed by atoms with Crippen LogP contribution in [0.3, 0.4) is 0 Å². The molecule has 0 spiro atoms. The van der Waals surface area contributed by atoms with E-state index < -0.39 is 5.60 Å². The number of rotatable bonds is 7. The lowest BCUT2D eigenvalue weighted by molar-refractivity contribution is -0.125. The van der Waals surface area contributed by atoms with Crippen molar-refractivity contribution in [1.82, 2.24) is 15.1 Å². The maximum Gasteiger partial charge on any atom is 0.223 e. The van der Waals surface area contributed by atoms with Crippen molar-refractivity contribution in [1.29, 1.82) is 0 Å². The van der Waals surface area contributed by atoms with Crippen molar-refractivity contribution in [3.05, 3.63) is 17.0 Å². The monoisotopic (exact) mass is 313 g/mol. The van der Waals surface area contributed by atoms with Gasteiger partial charge in [-0.2, -0.15) is 16.9 Å². The summed E-state index contributed by atoms with van der Waals surface area (Å²) >= 11 is 1.57. The van der Waals surface area contributed by atoms with Gasteiger partial charge in [-0.25, -0.2) is 0 Å². The molecule has 1 heterocycles. The van der Waals surface area contributed by atoms with E-state index in [0.29, 0.717) is 12.2 Å². The smallest absolute Gasteiger partial charge is 0.223 e. The highest BCUT2D eigenvalue weighted by Gasteiger charge is 2.23. The van der Waals surface area contributed by atoms with E-state index in [2.05, 4.69) is 10.4 Å². The van der Waals surface area contributed by atoms with Gasteiger partial charge in [-0.3, -0.25) is 9.48 Å². The number of hydrogen-bond acceptors (Lipinski definition) is 4. The quantitative estimate of drug-likeness (QED) is 0.799. The molecule has 0 fully saturated rings. The molecular formula is C15H27N3O2S. The fourth-order valence-electron chi connectivity index (χ4n) is 2.33. The number of carbonyl (C=O) groups is 1. The average molecular weight is 313 g/mol. The molecule has 0 saturated heterocycles. The number of thioether (sulfide) groups is 1. The van der Waals surface area contributed by atoms with E-state index in [1.165, 1.54) is 0 Å². The molecule has 0 radical (unpaired) electrons. The fraction of sp³-hybridized carbons (Fsp3) is 0.733. The first-order valence-electron chi connectivity index (χ1n) is 7.16. The molecule has 2 unspecified atom stereocenters. The summed E-state index contributed by atoms with van der Waals surface area (Å²) in [6.07, 6.45) is 2.61. The Morgan fingerprint density at radius 1 is 1.52 bits per heavy atom. The van der Waals surface area contributed by atoms with E-state index in [1.54, 1.807) is 18.7 Å². The second kappa shape index (κ2) is 7.31. The first kappa shape index (κ1) is 18.0. The number of aromatic nitrogens is 2. The van der Waals surface area contributed by atoms with Gasteiger partial charge >= 0.3 is 0 Å². The summed E-state index contributed by atoms with van der Waals surface area (Å²) in [6, 6.07) is 0. The Kier molecular flexibility index (Phi) is 6.28. The Hall–Kier alpha value is -1.01. The van der Waals surface area contributed by atoms with Crippen LogP contribution in [0, 0.1) is 19.8 Å². The van der Waals surface area contributed by atoms with Gasteiger partial charge in [-0.15, -0.1) is 0 Å². The molecule has 5 nitrogen and oxygen atoms in total. The summed E-state index contributed by atoms with van der Waals surface area (Å²) in [7, 11) is 1.91. The predicted molar refractivity (Wildman–Crippen MR) is 87.6 cm³/mol. The van der Waals surface area contributed by atoms with E-state index in [4.69, 9.17) is 0 Å². The van der Waals surface area contributed by atoms with Crippen molar-refractivity contribution in [2.75, 3.05) is 18.6 Å². The Labute approximate surface area is 131 Å². The Morgan fingerprint density at radius 2 is 2.14 bits per heavy atom. The van der Waals surface area contributed by atoms with Gasteiger partial charge in [0.2, 0.25) is 5.91 Å². The summed E-state index contributed by atoms with van der Waals surface area (Å²) in [5.74, 6) is 0.429. The zero-order valence-electron chi connectivity index (χ0n) is 13.9. The first-order valence-corrected chi connectivity index (χ1v) is 8.55. The third kappa shape index (κ3) is 5.04. The lowest BCUT2D eigenvalue weighted by Crippen LogP contribution is -2.44. The molecule has 0 saturated carbocycles. The third-order valence-corrected chi connectivity index (χ3v) is 4.63. The molecule has 2 N–H and O–H groups in total. The molecule has 1 aromatic heterocycles. The first-order chi connectivity index (χ1) is 9.68. The number of carbonyl (C=O) groups excluding carboxylic acids is 1. The van der Waals surface area contributed by atoms with E-state index in [0.717, 1.165) is 17.0 Å². The van der Waals surface area contributed by atoms with Crippen LogP contribution in [0.1, 0.15) is 30.8 Å². The highest BCUT2D eigenvalue weighted by Crippen LogP contribution is 2.17. The van der Waals surface area contributed by atoms with E-state index in [-0.39, 0.29) is 18.4 Å². The molecule has 120 valence electrons. The van der Waals surface area contributed by atoms with Gasteiger partial charge in [0.25, 0.3) is 0 Å². The minimum atomic E-state index is -0.866. The van der Waals surface area contributed by atoms with Gasteiger partial charge in [0.1, 0.15) is 0 Å². The van der Waals surface area contributed by atoms with Crippen LogP contribution in [0.5, 0.6) is 0 Å². The zero-order valence-corrected chi connectivity index (χ0v) is 14.7. The Bertz CT molecular complexity index is 497. The normalized spacial score (nSPS) is 15.6. The zero-order chi connectivity index (χ0) is 16.2. The predicted octanol–water partition coefficient (Wildman–Crippen LogP) is 1.45. The molecule has 0 aromatic carbocycles. The molecule has 1 amide bonds. The summed E-state index contributed by atoms with van der Waals surface area (Å²) < 4.78 is 1.85. The fourth-order valence-corrected chi connectivity index (χ4v) is 3.05. The lowest BCUT2D eigenvalue weighted by atomic mass is 9.98. The minimum Gasteiger partial charge on any atom is -0.387 e. The second-order valence-corrected chi connectivity index (χ2v) is 6.89. The van der Waals surface area contributed by atoms with Crippen LogP contribution in [0.15, 0.2) is 0 Å². The van der Waals surface area contributed by atoms with Crippen molar-refractivity contribution in [3.8, 4) is 0 Å². The van der Waals surface area contributed by atoms with Crippen LogP contribution in [0.4, 0.5) is 0 Å². The Balaban J connectivity index is 2.59. The second-order valence-electron chi connectivity index (χ2n) is 6.03. The highest BCUT2D eigenvalue weighted by atomic mass is 32.2. The number of aryl methyl sites for hydroxylation is 2. The van der Waals surface area contributed by atoms with Crippen LogP contribution < -0.4 is 5.32 Å². The Morgan fingerprint density at radius 3 is 2.62 bits per heavy atom. The molecule has 0 bridgehead atoms. The highest BCUT2D eigenvalue weighted by molar-refractivity contribution is 7.98. The number of aliphatic hydroxyl groups is 1. The third-order valence-electron chi connectivity index (χ3n) is 3.72. The van der Waals surface area contributed by atoms with Crippen molar-refractivity contribution >= 4 is 17.7 Å². The minimum absolute atomic E-state index is 0.0287. The summed E-state index contributed by atoms with van der Waals surface area (Å²) in [6.45, 7) is 7.91. The van der Waals surface area contributed by atoms with E-state index in [1.807, 2.05) is 38.8 Å². The van der Waals surface area contributed by atoms with Crippen LogP contribution in [-0.2, 0) is 18.3 Å². The lowest BCUT2D eigenvalue weighted by Gasteiger charge is -2.23. The number of nitrogens with zero attached hydrogens (tertiary/aromatic N) is 2. The molecule has 2 atom stereocenters. The molecule has 1 aromatic rings. The van der Waals surface area contributed by atoms with Crippen molar-refractivity contribution in [2.24, 2.45) is 13.0 Å². The molecule has 6 heteroatoms. The number of hydrogen-bond donors (Lipinski definition) is 2. The van der Waals surface area contributed by atoms with Crippen LogP contribution in [0.25, 0.3) is 0 Å². The standard InChI is InChI=1S/C15H27N3O2S/c1-10(7-13-11(2)17-18(5)12(13)3)14(19)16-8-15(4,20)9-21-6/h10,20H,7-9H2,1-6H3,(H,16,19). The number of nitrogens with one attached hydrogen (secondary N) is 1. The molecular weight excluding hydrogens is 286 g/mol. The maximum atomic E-state index is 12.2. The summed E-state index contributed by atoms with van der Waals surface area (Å²) in [4.78, 5) is 12.2. The molecule has 0 aliphatic rings. The number of amides is 1. The topological polar surface area (TPSA) is 67.2 Å². The van der Waals surface area contributed by atoms with Crippen molar-refractivity contribution < 1.29 is 9.90 Å². The molecule has 0 aliphatic heterocycles. The molecule has 21 heavy (non-hydrogen) atoms. The van der Waals surface area contributed by atoms with Gasteiger partial charge in [-0.1, -0.05) is 6.92 Å². The largest absolute Gasteiger partial charge is 0.387 e. The summed E-state index contributed by atoms with van der Waals surface area (Å²) in [5, 5.41) is 17.3. The van der Waals surface area contributed by atoms with E-state index in [9.17, 15) is 9.90 Å².